The Morgan fingerprint density at radius 1 is 1.62 bits per heavy atom. The first-order chi connectivity index (χ1) is 7.58. The van der Waals surface area contributed by atoms with Crippen molar-refractivity contribution >= 4 is 26.5 Å². The molecule has 1 aliphatic rings. The van der Waals surface area contributed by atoms with Crippen LogP contribution in [0, 0.1) is 6.92 Å². The summed E-state index contributed by atoms with van der Waals surface area (Å²) < 4.78 is 26.5. The first kappa shape index (κ1) is 11.8. The highest BCUT2D eigenvalue weighted by Gasteiger charge is 2.27. The number of nitrogens with one attached hydrogen (secondary N) is 2. The van der Waals surface area contributed by atoms with Crippen molar-refractivity contribution in [1.82, 2.24) is 10.3 Å². The highest BCUT2D eigenvalue weighted by atomic mass is 32.2. The summed E-state index contributed by atoms with van der Waals surface area (Å²) in [4.78, 5) is 5.00. The van der Waals surface area contributed by atoms with Gasteiger partial charge in [-0.25, -0.2) is 13.4 Å². The Kier molecular flexibility index (Phi) is 3.46. The zero-order valence-corrected chi connectivity index (χ0v) is 10.7. The Bertz CT molecular complexity index is 449. The van der Waals surface area contributed by atoms with E-state index < -0.39 is 10.0 Å². The molecule has 1 unspecified atom stereocenters. The number of hydrogen-bond donors (Lipinski definition) is 2. The highest BCUT2D eigenvalue weighted by Crippen LogP contribution is 2.20. The monoisotopic (exact) mass is 261 g/mol. The maximum atomic E-state index is 12.0. The third-order valence-electron chi connectivity index (χ3n) is 2.54. The molecule has 0 radical (unpaired) electrons. The number of sulfonamides is 1. The third kappa shape index (κ3) is 2.72. The van der Waals surface area contributed by atoms with E-state index in [0.29, 0.717) is 18.1 Å². The number of rotatable bonds is 3. The second kappa shape index (κ2) is 4.68. The van der Waals surface area contributed by atoms with Crippen LogP contribution in [0.3, 0.4) is 0 Å². The Morgan fingerprint density at radius 2 is 2.44 bits per heavy atom. The van der Waals surface area contributed by atoms with Crippen LogP contribution in [0.4, 0.5) is 5.13 Å². The molecule has 5 nitrogen and oxygen atoms in total. The van der Waals surface area contributed by atoms with E-state index in [1.807, 2.05) is 6.92 Å². The molecule has 1 aromatic rings. The minimum Gasteiger partial charge on any atom is -0.315 e. The fourth-order valence-corrected chi connectivity index (χ4v) is 4.00. The van der Waals surface area contributed by atoms with Crippen LogP contribution in [-0.2, 0) is 10.0 Å². The molecule has 1 fully saturated rings. The maximum absolute atomic E-state index is 12.0. The van der Waals surface area contributed by atoms with Gasteiger partial charge in [0.05, 0.1) is 5.25 Å². The lowest BCUT2D eigenvalue weighted by Crippen LogP contribution is -2.41. The second-order valence-electron chi connectivity index (χ2n) is 3.89. The number of piperidine rings is 1. The third-order valence-corrected chi connectivity index (χ3v) is 5.26. The fraction of sp³-hybridized carbons (Fsp3) is 0.667. The number of anilines is 1. The van der Waals surface area contributed by atoms with Gasteiger partial charge in [0.1, 0.15) is 0 Å². The first-order valence-corrected chi connectivity index (χ1v) is 7.59. The molecule has 0 aromatic carbocycles. The van der Waals surface area contributed by atoms with Gasteiger partial charge in [0.25, 0.3) is 0 Å². The van der Waals surface area contributed by atoms with E-state index in [2.05, 4.69) is 15.0 Å². The quantitative estimate of drug-likeness (QED) is 0.849. The topological polar surface area (TPSA) is 71.1 Å². The van der Waals surface area contributed by atoms with Crippen LogP contribution in [0.5, 0.6) is 0 Å². The van der Waals surface area contributed by atoms with Gasteiger partial charge in [0, 0.05) is 17.6 Å². The van der Waals surface area contributed by atoms with Gasteiger partial charge < -0.3 is 5.32 Å². The number of aryl methyl sites for hydroxylation is 1. The predicted octanol–water partition coefficient (Wildman–Crippen LogP) is 0.945. The molecule has 1 atom stereocenters. The average molecular weight is 261 g/mol. The SMILES string of the molecule is Cc1cnc(NS(=O)(=O)C2CCCNC2)s1. The Balaban J connectivity index is 2.07. The Morgan fingerprint density at radius 3 is 3.00 bits per heavy atom. The summed E-state index contributed by atoms with van der Waals surface area (Å²) in [6, 6.07) is 0. The zero-order chi connectivity index (χ0) is 11.6. The van der Waals surface area contributed by atoms with Gasteiger partial charge in [0.2, 0.25) is 10.0 Å². The summed E-state index contributed by atoms with van der Waals surface area (Å²) in [6.45, 7) is 3.33. The number of thiazole rings is 1. The molecule has 16 heavy (non-hydrogen) atoms. The zero-order valence-electron chi connectivity index (χ0n) is 9.06. The number of nitrogens with zero attached hydrogens (tertiary/aromatic N) is 1. The van der Waals surface area contributed by atoms with Gasteiger partial charge in [-0.15, -0.1) is 11.3 Å². The van der Waals surface area contributed by atoms with Crippen LogP contribution in [0.1, 0.15) is 17.7 Å². The highest BCUT2D eigenvalue weighted by molar-refractivity contribution is 7.93. The van der Waals surface area contributed by atoms with Crippen molar-refractivity contribution < 1.29 is 8.42 Å². The number of hydrogen-bond acceptors (Lipinski definition) is 5. The molecule has 7 heteroatoms. The maximum Gasteiger partial charge on any atom is 0.238 e. The molecule has 0 amide bonds. The molecule has 0 bridgehead atoms. The van der Waals surface area contributed by atoms with Crippen molar-refractivity contribution in [2.45, 2.75) is 25.0 Å². The van der Waals surface area contributed by atoms with E-state index in [4.69, 9.17) is 0 Å². The Hall–Kier alpha value is -0.660. The summed E-state index contributed by atoms with van der Waals surface area (Å²) in [5.41, 5.74) is 0. The summed E-state index contributed by atoms with van der Waals surface area (Å²) in [5.74, 6) is 0. The van der Waals surface area contributed by atoms with Gasteiger partial charge in [-0.3, -0.25) is 4.72 Å². The van der Waals surface area contributed by atoms with Crippen molar-refractivity contribution in [2.75, 3.05) is 17.8 Å². The lowest BCUT2D eigenvalue weighted by atomic mass is 10.2. The normalized spacial score (nSPS) is 21.9. The summed E-state index contributed by atoms with van der Waals surface area (Å²) in [6.07, 6.45) is 3.29. The van der Waals surface area contributed by atoms with Gasteiger partial charge in [0.15, 0.2) is 5.13 Å². The predicted molar refractivity (Wildman–Crippen MR) is 65.3 cm³/mol. The molecule has 2 N–H and O–H groups in total. The summed E-state index contributed by atoms with van der Waals surface area (Å²) in [5, 5.41) is 3.21. The standard InChI is InChI=1S/C9H15N3O2S2/c1-7-5-11-9(15-7)12-16(13,14)8-3-2-4-10-6-8/h5,8,10H,2-4,6H2,1H3,(H,11,12). The van der Waals surface area contributed by atoms with E-state index in [1.54, 1.807) is 6.20 Å². The lowest BCUT2D eigenvalue weighted by Gasteiger charge is -2.22. The van der Waals surface area contributed by atoms with Crippen molar-refractivity contribution in [3.05, 3.63) is 11.1 Å². The molecule has 1 aromatic heterocycles. The summed E-state index contributed by atoms with van der Waals surface area (Å²) in [7, 11) is -3.29. The average Bonchev–Trinajstić information content (AvgIpc) is 2.64. The van der Waals surface area contributed by atoms with Gasteiger partial charge in [-0.05, 0) is 26.3 Å². The molecule has 1 aliphatic heterocycles. The molecule has 0 aliphatic carbocycles. The summed E-state index contributed by atoms with van der Waals surface area (Å²) >= 11 is 1.36. The fourth-order valence-electron chi connectivity index (χ4n) is 1.69. The van der Waals surface area contributed by atoms with Crippen LogP contribution in [-0.4, -0.2) is 31.7 Å². The van der Waals surface area contributed by atoms with Crippen molar-refractivity contribution in [2.24, 2.45) is 0 Å². The second-order valence-corrected chi connectivity index (χ2v) is 7.09. The molecular formula is C9H15N3O2S2. The first-order valence-electron chi connectivity index (χ1n) is 5.23. The van der Waals surface area contributed by atoms with Crippen molar-refractivity contribution in [1.29, 1.82) is 0 Å². The van der Waals surface area contributed by atoms with Gasteiger partial charge in [-0.2, -0.15) is 0 Å². The molecule has 0 saturated carbocycles. The van der Waals surface area contributed by atoms with Crippen LogP contribution in [0.15, 0.2) is 6.20 Å². The largest absolute Gasteiger partial charge is 0.315 e. The molecule has 90 valence electrons. The Labute approximate surface area is 99.3 Å². The van der Waals surface area contributed by atoms with Crippen molar-refractivity contribution in [3.8, 4) is 0 Å². The van der Waals surface area contributed by atoms with Crippen LogP contribution in [0.2, 0.25) is 0 Å². The van der Waals surface area contributed by atoms with Gasteiger partial charge >= 0.3 is 0 Å². The van der Waals surface area contributed by atoms with Crippen LogP contribution < -0.4 is 10.0 Å². The molecular weight excluding hydrogens is 246 g/mol. The van der Waals surface area contributed by atoms with E-state index in [-0.39, 0.29) is 5.25 Å². The van der Waals surface area contributed by atoms with E-state index in [9.17, 15) is 8.42 Å². The minimum atomic E-state index is -3.29. The van der Waals surface area contributed by atoms with E-state index in [0.717, 1.165) is 17.8 Å². The van der Waals surface area contributed by atoms with Crippen LogP contribution in [0.25, 0.3) is 0 Å². The van der Waals surface area contributed by atoms with Crippen LogP contribution >= 0.6 is 11.3 Å². The smallest absolute Gasteiger partial charge is 0.238 e. The minimum absolute atomic E-state index is 0.342. The molecule has 1 saturated heterocycles. The molecule has 2 rings (SSSR count). The lowest BCUT2D eigenvalue weighted by molar-refractivity contribution is 0.499. The van der Waals surface area contributed by atoms with E-state index >= 15 is 0 Å². The molecule has 2 heterocycles. The van der Waals surface area contributed by atoms with Crippen molar-refractivity contribution in [3.63, 3.8) is 0 Å². The number of aromatic nitrogens is 1. The van der Waals surface area contributed by atoms with E-state index in [1.165, 1.54) is 11.3 Å². The van der Waals surface area contributed by atoms with Gasteiger partial charge in [-0.1, -0.05) is 0 Å². The molecule has 0 spiro atoms.